The summed E-state index contributed by atoms with van der Waals surface area (Å²) in [6.07, 6.45) is -3.84. The number of hydrogen-bond donors (Lipinski definition) is 2. The molecule has 0 fully saturated rings. The van der Waals surface area contributed by atoms with Crippen molar-refractivity contribution in [2.24, 2.45) is 0 Å². The first-order chi connectivity index (χ1) is 10.3. The molecule has 0 aliphatic heterocycles. The number of aliphatic carboxylic acids is 1. The first kappa shape index (κ1) is 17.8. The fraction of sp³-hybridized carbons (Fsp3) is 0.429. The van der Waals surface area contributed by atoms with Crippen LogP contribution in [0.1, 0.15) is 25.3 Å². The summed E-state index contributed by atoms with van der Waals surface area (Å²) < 4.78 is 43.1. The Kier molecular flexibility index (Phi) is 6.21. The maximum Gasteiger partial charge on any atom is 0.419 e. The van der Waals surface area contributed by atoms with Crippen molar-refractivity contribution in [1.82, 2.24) is 5.32 Å². The van der Waals surface area contributed by atoms with Gasteiger partial charge in [-0.05, 0) is 18.6 Å². The second-order valence-electron chi connectivity index (χ2n) is 4.53. The summed E-state index contributed by atoms with van der Waals surface area (Å²) in [5, 5.41) is 11.1. The molecule has 122 valence electrons. The van der Waals surface area contributed by atoms with E-state index < -0.39 is 42.0 Å². The van der Waals surface area contributed by atoms with Crippen LogP contribution in [-0.4, -0.2) is 29.6 Å². The molecular formula is C14H16F3NO4. The van der Waals surface area contributed by atoms with Gasteiger partial charge in [0.25, 0.3) is 5.91 Å². The number of amides is 1. The number of carbonyl (C=O) groups is 2. The van der Waals surface area contributed by atoms with E-state index in [0.717, 1.165) is 12.1 Å². The number of halogens is 3. The molecule has 0 aliphatic rings. The number of nitrogens with one attached hydrogen (secondary N) is 1. The molecular weight excluding hydrogens is 303 g/mol. The molecule has 0 bridgehead atoms. The Morgan fingerprint density at radius 2 is 1.95 bits per heavy atom. The predicted octanol–water partition coefficient (Wildman–Crippen LogP) is 2.45. The highest BCUT2D eigenvalue weighted by atomic mass is 19.4. The van der Waals surface area contributed by atoms with E-state index >= 15 is 0 Å². The molecule has 5 nitrogen and oxygen atoms in total. The third-order valence-corrected chi connectivity index (χ3v) is 2.76. The van der Waals surface area contributed by atoms with E-state index in [1.54, 1.807) is 6.92 Å². The number of alkyl halides is 3. The lowest BCUT2D eigenvalue weighted by molar-refractivity contribution is -0.142. The number of hydrogen-bond acceptors (Lipinski definition) is 3. The third-order valence-electron chi connectivity index (χ3n) is 2.76. The Labute approximate surface area is 125 Å². The number of carboxylic acid groups (broad SMARTS) is 1. The summed E-state index contributed by atoms with van der Waals surface area (Å²) in [6.45, 7) is 1.05. The van der Waals surface area contributed by atoms with Crippen molar-refractivity contribution >= 4 is 11.9 Å². The van der Waals surface area contributed by atoms with Gasteiger partial charge >= 0.3 is 12.1 Å². The van der Waals surface area contributed by atoms with Crippen LogP contribution in [0.3, 0.4) is 0 Å². The van der Waals surface area contributed by atoms with Gasteiger partial charge in [-0.25, -0.2) is 4.79 Å². The summed E-state index contributed by atoms with van der Waals surface area (Å²) in [7, 11) is 0. The predicted molar refractivity (Wildman–Crippen MR) is 71.4 cm³/mol. The van der Waals surface area contributed by atoms with Gasteiger partial charge in [0.05, 0.1) is 5.56 Å². The smallest absolute Gasteiger partial charge is 0.419 e. The molecule has 1 atom stereocenters. The van der Waals surface area contributed by atoms with Crippen LogP contribution >= 0.6 is 0 Å². The molecule has 0 saturated carbocycles. The van der Waals surface area contributed by atoms with Gasteiger partial charge in [-0.15, -0.1) is 0 Å². The number of benzene rings is 1. The molecule has 1 aromatic carbocycles. The fourth-order valence-electron chi connectivity index (χ4n) is 1.75. The van der Waals surface area contributed by atoms with Gasteiger partial charge in [-0.2, -0.15) is 13.2 Å². The standard InChI is InChI=1S/C14H16F3NO4/c1-2-5-10(13(20)21)18-12(19)8-22-11-7-4-3-6-9(11)14(15,16)17/h3-4,6-7,10H,2,5,8H2,1H3,(H,18,19)(H,20,21). The van der Waals surface area contributed by atoms with Crippen LogP contribution in [0.5, 0.6) is 5.75 Å². The number of ether oxygens (including phenoxy) is 1. The Balaban J connectivity index is 2.67. The Morgan fingerprint density at radius 3 is 2.50 bits per heavy atom. The molecule has 0 aromatic heterocycles. The van der Waals surface area contributed by atoms with Crippen molar-refractivity contribution in [2.45, 2.75) is 32.0 Å². The van der Waals surface area contributed by atoms with Gasteiger partial charge in [0.1, 0.15) is 11.8 Å². The normalized spacial score (nSPS) is 12.5. The second kappa shape index (κ2) is 7.67. The molecule has 0 radical (unpaired) electrons. The zero-order valence-corrected chi connectivity index (χ0v) is 11.8. The summed E-state index contributed by atoms with van der Waals surface area (Å²) in [4.78, 5) is 22.5. The van der Waals surface area contributed by atoms with Gasteiger partial charge < -0.3 is 15.2 Å². The molecule has 1 unspecified atom stereocenters. The Bertz CT molecular complexity index is 531. The summed E-state index contributed by atoms with van der Waals surface area (Å²) >= 11 is 0. The minimum atomic E-state index is -4.60. The third kappa shape index (κ3) is 5.27. The highest BCUT2D eigenvalue weighted by Crippen LogP contribution is 2.35. The minimum absolute atomic E-state index is 0.222. The molecule has 1 amide bonds. The monoisotopic (exact) mass is 319 g/mol. The van der Waals surface area contributed by atoms with Crippen LogP contribution < -0.4 is 10.1 Å². The lowest BCUT2D eigenvalue weighted by atomic mass is 10.1. The van der Waals surface area contributed by atoms with E-state index in [1.807, 2.05) is 0 Å². The quantitative estimate of drug-likeness (QED) is 0.809. The highest BCUT2D eigenvalue weighted by Gasteiger charge is 2.34. The average molecular weight is 319 g/mol. The molecule has 1 rings (SSSR count). The molecule has 8 heteroatoms. The molecule has 0 saturated heterocycles. The molecule has 0 heterocycles. The number of carbonyl (C=O) groups excluding carboxylic acids is 1. The topological polar surface area (TPSA) is 75.6 Å². The molecule has 0 spiro atoms. The number of carboxylic acids is 1. The summed E-state index contributed by atoms with van der Waals surface area (Å²) in [5.74, 6) is -2.48. The highest BCUT2D eigenvalue weighted by molar-refractivity contribution is 5.84. The lowest BCUT2D eigenvalue weighted by Gasteiger charge is -2.16. The first-order valence-electron chi connectivity index (χ1n) is 6.57. The number of para-hydroxylation sites is 1. The van der Waals surface area contributed by atoms with E-state index in [-0.39, 0.29) is 6.42 Å². The van der Waals surface area contributed by atoms with Crippen LogP contribution in [-0.2, 0) is 15.8 Å². The van der Waals surface area contributed by atoms with Crippen LogP contribution in [0.25, 0.3) is 0 Å². The van der Waals surface area contributed by atoms with Crippen LogP contribution in [0.15, 0.2) is 24.3 Å². The average Bonchev–Trinajstić information content (AvgIpc) is 2.44. The fourth-order valence-corrected chi connectivity index (χ4v) is 1.75. The zero-order chi connectivity index (χ0) is 16.8. The van der Waals surface area contributed by atoms with Gasteiger partial charge in [0, 0.05) is 0 Å². The van der Waals surface area contributed by atoms with E-state index in [4.69, 9.17) is 9.84 Å². The SMILES string of the molecule is CCCC(NC(=O)COc1ccccc1C(F)(F)F)C(=O)O. The van der Waals surface area contributed by atoms with Gasteiger partial charge in [0.2, 0.25) is 0 Å². The Morgan fingerprint density at radius 1 is 1.32 bits per heavy atom. The second-order valence-corrected chi connectivity index (χ2v) is 4.53. The van der Waals surface area contributed by atoms with E-state index in [9.17, 15) is 22.8 Å². The summed E-state index contributed by atoms with van der Waals surface area (Å²) in [6, 6.07) is 3.40. The van der Waals surface area contributed by atoms with Crippen LogP contribution in [0.2, 0.25) is 0 Å². The minimum Gasteiger partial charge on any atom is -0.483 e. The van der Waals surface area contributed by atoms with Gasteiger partial charge in [0.15, 0.2) is 6.61 Å². The van der Waals surface area contributed by atoms with Gasteiger partial charge in [-0.3, -0.25) is 4.79 Å². The Hall–Kier alpha value is -2.25. The molecule has 1 aromatic rings. The first-order valence-corrected chi connectivity index (χ1v) is 6.57. The maximum absolute atomic E-state index is 12.7. The van der Waals surface area contributed by atoms with Crippen LogP contribution in [0, 0.1) is 0 Å². The molecule has 0 aliphatic carbocycles. The van der Waals surface area contributed by atoms with E-state index in [1.165, 1.54) is 12.1 Å². The van der Waals surface area contributed by atoms with Crippen molar-refractivity contribution in [3.63, 3.8) is 0 Å². The maximum atomic E-state index is 12.7. The number of rotatable bonds is 7. The largest absolute Gasteiger partial charge is 0.483 e. The van der Waals surface area contributed by atoms with Crippen LogP contribution in [0.4, 0.5) is 13.2 Å². The van der Waals surface area contributed by atoms with E-state index in [0.29, 0.717) is 6.42 Å². The van der Waals surface area contributed by atoms with E-state index in [2.05, 4.69) is 5.32 Å². The van der Waals surface area contributed by atoms with Gasteiger partial charge in [-0.1, -0.05) is 25.5 Å². The molecule has 2 N–H and O–H groups in total. The summed E-state index contributed by atoms with van der Waals surface area (Å²) in [5.41, 5.74) is -0.994. The van der Waals surface area contributed by atoms with Crippen molar-refractivity contribution < 1.29 is 32.6 Å². The van der Waals surface area contributed by atoms with Crippen molar-refractivity contribution in [1.29, 1.82) is 0 Å². The van der Waals surface area contributed by atoms with Crippen molar-refractivity contribution in [3.8, 4) is 5.75 Å². The van der Waals surface area contributed by atoms with Crippen molar-refractivity contribution in [3.05, 3.63) is 29.8 Å². The van der Waals surface area contributed by atoms with Crippen molar-refractivity contribution in [2.75, 3.05) is 6.61 Å². The lowest BCUT2D eigenvalue weighted by Crippen LogP contribution is -2.42. The molecule has 22 heavy (non-hydrogen) atoms. The zero-order valence-electron chi connectivity index (χ0n) is 11.8.